The van der Waals surface area contributed by atoms with Crippen LogP contribution in [0.3, 0.4) is 0 Å². The molecule has 0 spiro atoms. The van der Waals surface area contributed by atoms with Crippen LogP contribution in [0.15, 0.2) is 0 Å². The smallest absolute Gasteiger partial charge is 0.311 e. The Bertz CT molecular complexity index is 300. The van der Waals surface area contributed by atoms with E-state index in [1.807, 2.05) is 13.8 Å². The molecule has 17 heavy (non-hydrogen) atoms. The van der Waals surface area contributed by atoms with Crippen LogP contribution in [0.5, 0.6) is 0 Å². The van der Waals surface area contributed by atoms with Crippen LogP contribution in [-0.2, 0) is 9.59 Å². The molecule has 5 nitrogen and oxygen atoms in total. The van der Waals surface area contributed by atoms with Crippen molar-refractivity contribution >= 4 is 11.9 Å². The summed E-state index contributed by atoms with van der Waals surface area (Å²) >= 11 is 0. The highest BCUT2D eigenvalue weighted by Crippen LogP contribution is 2.40. The van der Waals surface area contributed by atoms with E-state index in [1.165, 1.54) is 0 Å². The molecule has 0 aromatic rings. The topological polar surface area (TPSA) is 92.4 Å². The summed E-state index contributed by atoms with van der Waals surface area (Å²) < 4.78 is 0. The number of carbonyl (C=O) groups excluding carboxylic acids is 1. The van der Waals surface area contributed by atoms with Crippen molar-refractivity contribution in [3.05, 3.63) is 0 Å². The minimum Gasteiger partial charge on any atom is -0.481 e. The predicted molar refractivity (Wildman–Crippen MR) is 64.4 cm³/mol. The van der Waals surface area contributed by atoms with Crippen LogP contribution in [0.25, 0.3) is 0 Å². The normalized spacial score (nSPS) is 21.1. The van der Waals surface area contributed by atoms with E-state index >= 15 is 0 Å². The number of nitrogens with two attached hydrogens (primary N) is 1. The molecule has 1 fully saturated rings. The van der Waals surface area contributed by atoms with Crippen LogP contribution in [0.4, 0.5) is 0 Å². The Hall–Kier alpha value is -1.10. The molecular weight excluding hydrogens is 220 g/mol. The molecule has 0 aliphatic heterocycles. The Labute approximate surface area is 102 Å². The summed E-state index contributed by atoms with van der Waals surface area (Å²) in [7, 11) is 0. The van der Waals surface area contributed by atoms with E-state index in [1.54, 1.807) is 0 Å². The third kappa shape index (κ3) is 2.97. The van der Waals surface area contributed by atoms with Gasteiger partial charge in [0.15, 0.2) is 0 Å². The van der Waals surface area contributed by atoms with Gasteiger partial charge in [0.1, 0.15) is 0 Å². The highest BCUT2D eigenvalue weighted by Gasteiger charge is 2.44. The largest absolute Gasteiger partial charge is 0.481 e. The minimum absolute atomic E-state index is 0.108. The zero-order chi connectivity index (χ0) is 13.1. The van der Waals surface area contributed by atoms with Crippen molar-refractivity contribution in [3.8, 4) is 0 Å². The highest BCUT2D eigenvalue weighted by molar-refractivity contribution is 5.83. The summed E-state index contributed by atoms with van der Waals surface area (Å²) in [6.45, 7) is 4.09. The van der Waals surface area contributed by atoms with E-state index in [2.05, 4.69) is 5.32 Å². The fourth-order valence-electron chi connectivity index (χ4n) is 1.96. The van der Waals surface area contributed by atoms with E-state index in [-0.39, 0.29) is 18.4 Å². The average Bonchev–Trinajstić information content (AvgIpc) is 2.24. The van der Waals surface area contributed by atoms with E-state index in [4.69, 9.17) is 10.8 Å². The first-order valence-electron chi connectivity index (χ1n) is 6.19. The van der Waals surface area contributed by atoms with Crippen LogP contribution in [-0.4, -0.2) is 29.6 Å². The maximum atomic E-state index is 11.7. The van der Waals surface area contributed by atoms with Crippen LogP contribution in [0.1, 0.15) is 39.5 Å². The Kier molecular flexibility index (Phi) is 4.51. The SMILES string of the molecule is CCC(C)[C@H](N)C(=O)NCC1(C(=O)O)CCC1. The van der Waals surface area contributed by atoms with Gasteiger partial charge in [-0.3, -0.25) is 9.59 Å². The quantitative estimate of drug-likeness (QED) is 0.640. The molecule has 1 aliphatic rings. The summed E-state index contributed by atoms with van der Waals surface area (Å²) in [5, 5.41) is 11.8. The third-order valence-electron chi connectivity index (χ3n) is 3.93. The Balaban J connectivity index is 2.45. The molecule has 0 heterocycles. The molecule has 1 unspecified atom stereocenters. The fraction of sp³-hybridized carbons (Fsp3) is 0.833. The first-order chi connectivity index (χ1) is 7.93. The monoisotopic (exact) mass is 242 g/mol. The van der Waals surface area contributed by atoms with Crippen molar-refractivity contribution in [2.75, 3.05) is 6.54 Å². The Morgan fingerprint density at radius 2 is 2.06 bits per heavy atom. The fourth-order valence-corrected chi connectivity index (χ4v) is 1.96. The number of hydrogen-bond donors (Lipinski definition) is 3. The van der Waals surface area contributed by atoms with E-state index in [0.717, 1.165) is 12.8 Å². The van der Waals surface area contributed by atoms with Gasteiger partial charge < -0.3 is 16.2 Å². The molecule has 0 aromatic carbocycles. The second kappa shape index (κ2) is 5.49. The summed E-state index contributed by atoms with van der Waals surface area (Å²) in [5.41, 5.74) is 5.03. The Morgan fingerprint density at radius 1 is 1.47 bits per heavy atom. The van der Waals surface area contributed by atoms with Crippen LogP contribution in [0, 0.1) is 11.3 Å². The highest BCUT2D eigenvalue weighted by atomic mass is 16.4. The van der Waals surface area contributed by atoms with Crippen molar-refractivity contribution in [3.63, 3.8) is 0 Å². The average molecular weight is 242 g/mol. The second-order valence-corrected chi connectivity index (χ2v) is 5.07. The lowest BCUT2D eigenvalue weighted by molar-refractivity contribution is -0.154. The number of hydrogen-bond acceptors (Lipinski definition) is 3. The molecule has 0 radical (unpaired) electrons. The number of carboxylic acids is 1. The molecule has 0 saturated heterocycles. The van der Waals surface area contributed by atoms with Crippen molar-refractivity contribution in [2.45, 2.75) is 45.6 Å². The summed E-state index contributed by atoms with van der Waals surface area (Å²) in [4.78, 5) is 22.8. The molecule has 5 heteroatoms. The minimum atomic E-state index is -0.818. The standard InChI is InChI=1S/C12H22N2O3/c1-3-8(2)9(13)10(15)14-7-12(11(16)17)5-4-6-12/h8-9H,3-7,13H2,1-2H3,(H,14,15)(H,16,17)/t8?,9-/m0/s1. The molecule has 98 valence electrons. The zero-order valence-electron chi connectivity index (χ0n) is 10.5. The molecule has 1 rings (SSSR count). The van der Waals surface area contributed by atoms with Gasteiger partial charge in [0.2, 0.25) is 5.91 Å². The molecular formula is C12H22N2O3. The maximum absolute atomic E-state index is 11.7. The van der Waals surface area contributed by atoms with Gasteiger partial charge in [-0.25, -0.2) is 0 Å². The summed E-state index contributed by atoms with van der Waals surface area (Å²) in [6, 6.07) is -0.550. The van der Waals surface area contributed by atoms with Crippen molar-refractivity contribution in [2.24, 2.45) is 17.1 Å². The third-order valence-corrected chi connectivity index (χ3v) is 3.93. The van der Waals surface area contributed by atoms with Crippen molar-refractivity contribution < 1.29 is 14.7 Å². The van der Waals surface area contributed by atoms with Gasteiger partial charge in [0.25, 0.3) is 0 Å². The summed E-state index contributed by atoms with van der Waals surface area (Å²) in [5.74, 6) is -0.954. The van der Waals surface area contributed by atoms with Crippen molar-refractivity contribution in [1.29, 1.82) is 0 Å². The Morgan fingerprint density at radius 3 is 2.41 bits per heavy atom. The molecule has 1 aliphatic carbocycles. The van der Waals surface area contributed by atoms with Crippen LogP contribution in [0.2, 0.25) is 0 Å². The number of nitrogens with one attached hydrogen (secondary N) is 1. The van der Waals surface area contributed by atoms with Gasteiger partial charge >= 0.3 is 5.97 Å². The number of carbonyl (C=O) groups is 2. The number of aliphatic carboxylic acids is 1. The number of amides is 1. The lowest BCUT2D eigenvalue weighted by atomic mass is 9.68. The lowest BCUT2D eigenvalue weighted by Crippen LogP contribution is -2.52. The van der Waals surface area contributed by atoms with Gasteiger partial charge in [-0.1, -0.05) is 26.7 Å². The lowest BCUT2D eigenvalue weighted by Gasteiger charge is -2.37. The maximum Gasteiger partial charge on any atom is 0.311 e. The van der Waals surface area contributed by atoms with E-state index in [9.17, 15) is 9.59 Å². The van der Waals surface area contributed by atoms with Gasteiger partial charge in [0.05, 0.1) is 11.5 Å². The van der Waals surface area contributed by atoms with Gasteiger partial charge in [-0.2, -0.15) is 0 Å². The predicted octanol–water partition coefficient (Wildman–Crippen LogP) is 0.731. The molecule has 0 bridgehead atoms. The van der Waals surface area contributed by atoms with Crippen LogP contribution >= 0.6 is 0 Å². The number of carboxylic acid groups (broad SMARTS) is 1. The van der Waals surface area contributed by atoms with Gasteiger partial charge in [-0.15, -0.1) is 0 Å². The number of rotatable bonds is 6. The first kappa shape index (κ1) is 14.0. The second-order valence-electron chi connectivity index (χ2n) is 5.07. The van der Waals surface area contributed by atoms with Gasteiger partial charge in [0, 0.05) is 6.54 Å². The van der Waals surface area contributed by atoms with E-state index in [0.29, 0.717) is 12.8 Å². The first-order valence-corrected chi connectivity index (χ1v) is 6.19. The van der Waals surface area contributed by atoms with Crippen LogP contribution < -0.4 is 11.1 Å². The molecule has 2 atom stereocenters. The summed E-state index contributed by atoms with van der Waals surface area (Å²) in [6.07, 6.45) is 3.03. The van der Waals surface area contributed by atoms with Gasteiger partial charge in [-0.05, 0) is 18.8 Å². The molecule has 0 aromatic heterocycles. The molecule has 1 amide bonds. The van der Waals surface area contributed by atoms with Crippen molar-refractivity contribution in [1.82, 2.24) is 5.32 Å². The molecule has 1 saturated carbocycles. The van der Waals surface area contributed by atoms with E-state index < -0.39 is 17.4 Å². The molecule has 4 N–H and O–H groups in total. The zero-order valence-corrected chi connectivity index (χ0v) is 10.5.